The lowest BCUT2D eigenvalue weighted by atomic mass is 9.98. The molecule has 1 fully saturated rings. The number of carbonyl (C=O) groups excluding carboxylic acids is 1. The van der Waals surface area contributed by atoms with Gasteiger partial charge in [0.2, 0.25) is 5.91 Å². The molecule has 4 rings (SSSR count). The van der Waals surface area contributed by atoms with Crippen molar-refractivity contribution < 1.29 is 14.3 Å². The van der Waals surface area contributed by atoms with Gasteiger partial charge in [-0.3, -0.25) is 4.79 Å². The molecule has 1 atom stereocenters. The van der Waals surface area contributed by atoms with Gasteiger partial charge in [0.05, 0.1) is 29.4 Å². The van der Waals surface area contributed by atoms with Crippen molar-refractivity contribution in [2.75, 3.05) is 27.3 Å². The van der Waals surface area contributed by atoms with Crippen molar-refractivity contribution in [3.63, 3.8) is 0 Å². The molecular formula is C23H24N2O3S. The molecule has 2 aromatic carbocycles. The van der Waals surface area contributed by atoms with E-state index in [2.05, 4.69) is 6.07 Å². The second-order valence-corrected chi connectivity index (χ2v) is 8.15. The first-order chi connectivity index (χ1) is 14.2. The Morgan fingerprint density at radius 3 is 2.86 bits per heavy atom. The number of methoxy groups -OCH3 is 2. The van der Waals surface area contributed by atoms with Gasteiger partial charge in [0.25, 0.3) is 0 Å². The first-order valence-electron chi connectivity index (χ1n) is 9.72. The predicted octanol–water partition coefficient (Wildman–Crippen LogP) is 4.73. The van der Waals surface area contributed by atoms with Crippen LogP contribution in [0.25, 0.3) is 16.3 Å². The molecule has 5 nitrogen and oxygen atoms in total. The van der Waals surface area contributed by atoms with Gasteiger partial charge >= 0.3 is 0 Å². The number of likely N-dealkylation sites (tertiary alicyclic amines) is 1. The van der Waals surface area contributed by atoms with Gasteiger partial charge in [0.1, 0.15) is 11.5 Å². The normalized spacial score (nSPS) is 17.0. The molecule has 1 aromatic heterocycles. The van der Waals surface area contributed by atoms with Gasteiger partial charge in [-0.15, -0.1) is 11.3 Å². The molecule has 0 radical (unpaired) electrons. The Kier molecular flexibility index (Phi) is 5.81. The lowest BCUT2D eigenvalue weighted by Crippen LogP contribution is -2.38. The number of carbonyl (C=O) groups is 1. The molecule has 0 unspecified atom stereocenters. The molecule has 29 heavy (non-hydrogen) atoms. The standard InChI is InChI=1S/C23H24N2O3S/c1-27-18-11-9-16(20(14-18)28-2)10-12-22(26)25-13-5-6-17(15-25)23-24-19-7-3-4-8-21(19)29-23/h3-4,7-12,14,17H,5-6,13,15H2,1-2H3/b12-10+/t17-/m1/s1. The monoisotopic (exact) mass is 408 g/mol. The molecule has 0 aliphatic carbocycles. The highest BCUT2D eigenvalue weighted by Gasteiger charge is 2.26. The third kappa shape index (κ3) is 4.27. The quantitative estimate of drug-likeness (QED) is 0.573. The van der Waals surface area contributed by atoms with Crippen molar-refractivity contribution in [1.29, 1.82) is 0 Å². The van der Waals surface area contributed by atoms with Crippen molar-refractivity contribution in [2.24, 2.45) is 0 Å². The average molecular weight is 409 g/mol. The Bertz CT molecular complexity index is 1010. The Balaban J connectivity index is 1.47. The molecule has 1 amide bonds. The maximum absolute atomic E-state index is 12.8. The van der Waals surface area contributed by atoms with Crippen LogP contribution in [0, 0.1) is 0 Å². The van der Waals surface area contributed by atoms with Crippen LogP contribution in [0.3, 0.4) is 0 Å². The summed E-state index contributed by atoms with van der Waals surface area (Å²) in [7, 11) is 3.23. The van der Waals surface area contributed by atoms with Crippen LogP contribution in [0.2, 0.25) is 0 Å². The maximum Gasteiger partial charge on any atom is 0.246 e. The van der Waals surface area contributed by atoms with Gasteiger partial charge in [-0.1, -0.05) is 12.1 Å². The van der Waals surface area contributed by atoms with Crippen molar-refractivity contribution in [3.05, 3.63) is 59.1 Å². The van der Waals surface area contributed by atoms with Crippen molar-refractivity contribution in [1.82, 2.24) is 9.88 Å². The van der Waals surface area contributed by atoms with Crippen LogP contribution in [-0.4, -0.2) is 43.1 Å². The van der Waals surface area contributed by atoms with E-state index in [9.17, 15) is 4.79 Å². The Hall–Kier alpha value is -2.86. The average Bonchev–Trinajstić information content (AvgIpc) is 3.22. The second-order valence-electron chi connectivity index (χ2n) is 7.08. The van der Waals surface area contributed by atoms with E-state index in [-0.39, 0.29) is 5.91 Å². The lowest BCUT2D eigenvalue weighted by Gasteiger charge is -2.31. The third-order valence-electron chi connectivity index (χ3n) is 5.24. The van der Waals surface area contributed by atoms with Crippen molar-refractivity contribution in [3.8, 4) is 11.5 Å². The number of aromatic nitrogens is 1. The van der Waals surface area contributed by atoms with Gasteiger partial charge in [-0.05, 0) is 43.2 Å². The van der Waals surface area contributed by atoms with E-state index in [1.165, 1.54) is 4.70 Å². The number of nitrogens with zero attached hydrogens (tertiary/aromatic N) is 2. The minimum Gasteiger partial charge on any atom is -0.497 e. The summed E-state index contributed by atoms with van der Waals surface area (Å²) in [6.07, 6.45) is 5.50. The molecule has 150 valence electrons. The summed E-state index contributed by atoms with van der Waals surface area (Å²) < 4.78 is 11.8. The van der Waals surface area contributed by atoms with Crippen LogP contribution >= 0.6 is 11.3 Å². The van der Waals surface area contributed by atoms with Gasteiger partial charge in [0, 0.05) is 36.7 Å². The van der Waals surface area contributed by atoms with E-state index in [0.717, 1.165) is 41.2 Å². The molecule has 3 aromatic rings. The van der Waals surface area contributed by atoms with Crippen LogP contribution in [-0.2, 0) is 4.79 Å². The summed E-state index contributed by atoms with van der Waals surface area (Å²) in [5, 5.41) is 1.13. The second kappa shape index (κ2) is 8.66. The molecule has 1 saturated heterocycles. The number of amides is 1. The maximum atomic E-state index is 12.8. The van der Waals surface area contributed by atoms with Gasteiger partial charge in [0.15, 0.2) is 0 Å². The van der Waals surface area contributed by atoms with Crippen LogP contribution in [0.4, 0.5) is 0 Å². The summed E-state index contributed by atoms with van der Waals surface area (Å²) in [6.45, 7) is 1.49. The molecular weight excluding hydrogens is 384 g/mol. The molecule has 0 saturated carbocycles. The predicted molar refractivity (Wildman–Crippen MR) is 117 cm³/mol. The van der Waals surface area contributed by atoms with Crippen molar-refractivity contribution >= 4 is 33.5 Å². The van der Waals surface area contributed by atoms with Crippen LogP contribution < -0.4 is 9.47 Å². The van der Waals surface area contributed by atoms with Crippen LogP contribution in [0.5, 0.6) is 11.5 Å². The number of ether oxygens (including phenoxy) is 2. The first kappa shape index (κ1) is 19.5. The topological polar surface area (TPSA) is 51.7 Å². The largest absolute Gasteiger partial charge is 0.497 e. The SMILES string of the molecule is COc1ccc(/C=C/C(=O)N2CCC[C@@H](c3nc4ccccc4s3)C2)c(OC)c1. The minimum absolute atomic E-state index is 0.0219. The zero-order chi connectivity index (χ0) is 20.2. The van der Waals surface area contributed by atoms with E-state index in [4.69, 9.17) is 14.5 Å². The van der Waals surface area contributed by atoms with E-state index in [0.29, 0.717) is 18.2 Å². The van der Waals surface area contributed by atoms with E-state index >= 15 is 0 Å². The van der Waals surface area contributed by atoms with Gasteiger partial charge < -0.3 is 14.4 Å². The molecule has 0 spiro atoms. The number of rotatable bonds is 5. The first-order valence-corrected chi connectivity index (χ1v) is 10.5. The number of hydrogen-bond donors (Lipinski definition) is 0. The Morgan fingerprint density at radius 2 is 2.07 bits per heavy atom. The minimum atomic E-state index is 0.0219. The highest BCUT2D eigenvalue weighted by atomic mass is 32.1. The molecule has 2 heterocycles. The number of para-hydroxylation sites is 1. The van der Waals surface area contributed by atoms with E-state index in [1.54, 1.807) is 31.6 Å². The number of hydrogen-bond acceptors (Lipinski definition) is 5. The molecule has 1 aliphatic heterocycles. The zero-order valence-corrected chi connectivity index (χ0v) is 17.4. The number of piperidine rings is 1. The van der Waals surface area contributed by atoms with Crippen molar-refractivity contribution in [2.45, 2.75) is 18.8 Å². The van der Waals surface area contributed by atoms with E-state index in [1.807, 2.05) is 47.4 Å². The third-order valence-corrected chi connectivity index (χ3v) is 6.44. The number of benzene rings is 2. The van der Waals surface area contributed by atoms with Crippen LogP contribution in [0.1, 0.15) is 29.3 Å². The van der Waals surface area contributed by atoms with Gasteiger partial charge in [-0.25, -0.2) is 4.98 Å². The Labute approximate surface area is 174 Å². The summed E-state index contributed by atoms with van der Waals surface area (Å²) in [4.78, 5) is 19.5. The summed E-state index contributed by atoms with van der Waals surface area (Å²) >= 11 is 1.74. The Morgan fingerprint density at radius 1 is 1.21 bits per heavy atom. The van der Waals surface area contributed by atoms with E-state index < -0.39 is 0 Å². The lowest BCUT2D eigenvalue weighted by molar-refractivity contribution is -0.127. The highest BCUT2D eigenvalue weighted by molar-refractivity contribution is 7.18. The molecule has 0 bridgehead atoms. The summed E-state index contributed by atoms with van der Waals surface area (Å²) in [5.74, 6) is 1.72. The fourth-order valence-electron chi connectivity index (χ4n) is 3.67. The summed E-state index contributed by atoms with van der Waals surface area (Å²) in [5.41, 5.74) is 1.89. The summed E-state index contributed by atoms with van der Waals surface area (Å²) in [6, 6.07) is 13.8. The van der Waals surface area contributed by atoms with Gasteiger partial charge in [-0.2, -0.15) is 0 Å². The molecule has 0 N–H and O–H groups in total. The fourth-order valence-corrected chi connectivity index (χ4v) is 4.76. The number of thiazole rings is 1. The molecule has 1 aliphatic rings. The number of fused-ring (bicyclic) bond motifs is 1. The highest BCUT2D eigenvalue weighted by Crippen LogP contribution is 2.33. The molecule has 6 heteroatoms. The smallest absolute Gasteiger partial charge is 0.246 e. The zero-order valence-electron chi connectivity index (χ0n) is 16.6. The van der Waals surface area contributed by atoms with Crippen LogP contribution in [0.15, 0.2) is 48.5 Å². The fraction of sp³-hybridized carbons (Fsp3) is 0.304.